The number of nitrogens with zero attached hydrogens (tertiary/aromatic N) is 3. The van der Waals surface area contributed by atoms with Gasteiger partial charge in [0.2, 0.25) is 0 Å². The lowest BCUT2D eigenvalue weighted by atomic mass is 10.2. The Morgan fingerprint density at radius 2 is 2.16 bits per heavy atom. The molecule has 0 atom stereocenters. The quantitative estimate of drug-likeness (QED) is 0.565. The molecular weight excluding hydrogens is 320 g/mol. The minimum absolute atomic E-state index is 0.0375. The Bertz CT molecular complexity index is 976. The molecule has 7 heteroatoms. The normalized spacial score (nSPS) is 11.2. The van der Waals surface area contributed by atoms with Crippen LogP contribution < -0.4 is 10.2 Å². The summed E-state index contributed by atoms with van der Waals surface area (Å²) in [6.45, 7) is 3.74. The predicted molar refractivity (Wildman–Crippen MR) is 94.4 cm³/mol. The molecule has 1 aromatic carbocycles. The highest BCUT2D eigenvalue weighted by atomic mass is 16.5. The number of phenols is 1. The lowest BCUT2D eigenvalue weighted by molar-refractivity contribution is 0.0948. The van der Waals surface area contributed by atoms with Crippen LogP contribution >= 0.6 is 0 Å². The fourth-order valence-corrected chi connectivity index (χ4v) is 2.56. The fourth-order valence-electron chi connectivity index (χ4n) is 2.56. The van der Waals surface area contributed by atoms with Gasteiger partial charge in [0.15, 0.2) is 11.5 Å². The van der Waals surface area contributed by atoms with Crippen molar-refractivity contribution in [2.45, 2.75) is 13.8 Å². The van der Waals surface area contributed by atoms with Gasteiger partial charge in [0.05, 0.1) is 19.0 Å². The number of pyridine rings is 1. The van der Waals surface area contributed by atoms with Crippen molar-refractivity contribution < 1.29 is 14.6 Å². The number of hydrogen-bond donors (Lipinski definition) is 2. The molecule has 128 valence electrons. The first-order valence-electron chi connectivity index (χ1n) is 7.66. The summed E-state index contributed by atoms with van der Waals surface area (Å²) in [6.07, 6.45) is 3.16. The van der Waals surface area contributed by atoms with Crippen molar-refractivity contribution in [3.63, 3.8) is 0 Å². The number of methoxy groups -OCH3 is 1. The molecule has 0 saturated heterocycles. The highest BCUT2D eigenvalue weighted by molar-refractivity contribution is 5.95. The van der Waals surface area contributed by atoms with E-state index in [1.54, 1.807) is 35.7 Å². The first kappa shape index (κ1) is 16.5. The van der Waals surface area contributed by atoms with E-state index in [1.165, 1.54) is 13.3 Å². The molecule has 0 aliphatic carbocycles. The summed E-state index contributed by atoms with van der Waals surface area (Å²) in [5.41, 5.74) is 5.70. The van der Waals surface area contributed by atoms with E-state index in [-0.39, 0.29) is 11.7 Å². The number of aryl methyl sites for hydroxylation is 2. The van der Waals surface area contributed by atoms with Gasteiger partial charge in [-0.2, -0.15) is 5.10 Å². The number of phenolic OH excluding ortho intramolecular Hbond substituents is 1. The van der Waals surface area contributed by atoms with E-state index in [0.717, 1.165) is 5.56 Å². The molecule has 0 aliphatic rings. The zero-order valence-corrected chi connectivity index (χ0v) is 14.1. The van der Waals surface area contributed by atoms with Gasteiger partial charge >= 0.3 is 0 Å². The highest BCUT2D eigenvalue weighted by Crippen LogP contribution is 2.27. The molecule has 2 aromatic heterocycles. The molecule has 25 heavy (non-hydrogen) atoms. The van der Waals surface area contributed by atoms with Crippen molar-refractivity contribution in [1.82, 2.24) is 14.8 Å². The molecule has 0 fully saturated rings. The average Bonchev–Trinajstić information content (AvgIpc) is 2.91. The van der Waals surface area contributed by atoms with E-state index in [0.29, 0.717) is 28.3 Å². The second kappa shape index (κ2) is 6.64. The molecule has 0 unspecified atom stereocenters. The Balaban J connectivity index is 1.83. The summed E-state index contributed by atoms with van der Waals surface area (Å²) in [5, 5.41) is 13.9. The summed E-state index contributed by atoms with van der Waals surface area (Å²) in [6, 6.07) is 8.83. The number of ether oxygens (including phenoxy) is 1. The zero-order valence-electron chi connectivity index (χ0n) is 14.1. The largest absolute Gasteiger partial charge is 0.504 e. The van der Waals surface area contributed by atoms with Crippen molar-refractivity contribution in [2.24, 2.45) is 5.10 Å². The number of carbonyl (C=O) groups excluding carboxylic acids is 1. The van der Waals surface area contributed by atoms with E-state index >= 15 is 0 Å². The minimum atomic E-state index is -0.382. The topological polar surface area (TPSA) is 88.2 Å². The number of hydrazone groups is 1. The van der Waals surface area contributed by atoms with Gasteiger partial charge in [-0.05, 0) is 43.7 Å². The van der Waals surface area contributed by atoms with Crippen LogP contribution in [0.5, 0.6) is 11.5 Å². The van der Waals surface area contributed by atoms with Crippen molar-refractivity contribution >= 4 is 17.8 Å². The highest BCUT2D eigenvalue weighted by Gasteiger charge is 2.16. The van der Waals surface area contributed by atoms with E-state index in [9.17, 15) is 9.90 Å². The molecule has 3 aromatic rings. The van der Waals surface area contributed by atoms with Crippen molar-refractivity contribution in [2.75, 3.05) is 7.11 Å². The van der Waals surface area contributed by atoms with E-state index in [1.807, 2.05) is 19.1 Å². The number of benzene rings is 1. The van der Waals surface area contributed by atoms with Crippen LogP contribution in [0.4, 0.5) is 0 Å². The third-order valence-corrected chi connectivity index (χ3v) is 3.79. The summed E-state index contributed by atoms with van der Waals surface area (Å²) in [4.78, 5) is 16.8. The second-order valence-corrected chi connectivity index (χ2v) is 5.58. The van der Waals surface area contributed by atoms with Gasteiger partial charge in [0.1, 0.15) is 11.3 Å². The van der Waals surface area contributed by atoms with Gasteiger partial charge in [0.25, 0.3) is 5.91 Å². The molecule has 2 N–H and O–H groups in total. The minimum Gasteiger partial charge on any atom is -0.504 e. The van der Waals surface area contributed by atoms with Gasteiger partial charge in [-0.1, -0.05) is 6.07 Å². The maximum absolute atomic E-state index is 12.5. The Labute approximate surface area is 144 Å². The number of aromatic nitrogens is 2. The Morgan fingerprint density at radius 1 is 1.36 bits per heavy atom. The first-order chi connectivity index (χ1) is 12.0. The van der Waals surface area contributed by atoms with Crippen LogP contribution in [0.2, 0.25) is 0 Å². The first-order valence-corrected chi connectivity index (χ1v) is 7.66. The number of imidazole rings is 1. The summed E-state index contributed by atoms with van der Waals surface area (Å²) in [7, 11) is 1.47. The van der Waals surface area contributed by atoms with Crippen LogP contribution in [0.3, 0.4) is 0 Å². The number of carbonyl (C=O) groups is 1. The molecular formula is C18H18N4O3. The Hall–Kier alpha value is -3.35. The molecule has 0 saturated carbocycles. The van der Waals surface area contributed by atoms with Crippen LogP contribution in [0.15, 0.2) is 41.6 Å². The number of hydrogen-bond acceptors (Lipinski definition) is 5. The number of amides is 1. The van der Waals surface area contributed by atoms with Gasteiger partial charge in [-0.15, -0.1) is 0 Å². The van der Waals surface area contributed by atoms with Crippen LogP contribution in [0.25, 0.3) is 5.65 Å². The number of para-hydroxylation sites is 1. The van der Waals surface area contributed by atoms with Crippen LogP contribution in [-0.2, 0) is 0 Å². The van der Waals surface area contributed by atoms with Crippen LogP contribution in [0, 0.1) is 13.8 Å². The smallest absolute Gasteiger partial charge is 0.290 e. The molecule has 1 amide bonds. The lowest BCUT2D eigenvalue weighted by Crippen LogP contribution is -2.20. The van der Waals surface area contributed by atoms with Crippen molar-refractivity contribution in [3.05, 3.63) is 59.0 Å². The molecule has 0 spiro atoms. The monoisotopic (exact) mass is 338 g/mol. The fraction of sp³-hybridized carbons (Fsp3) is 0.167. The summed E-state index contributed by atoms with van der Waals surface area (Å²) >= 11 is 0. The SMILES string of the molecule is COc1cccc(/C=N\NC(=O)c2c(C)nc3cc(C)ccn23)c1O. The third-order valence-electron chi connectivity index (χ3n) is 3.79. The number of fused-ring (bicyclic) bond motifs is 1. The van der Waals surface area contributed by atoms with E-state index < -0.39 is 0 Å². The van der Waals surface area contributed by atoms with Crippen molar-refractivity contribution in [1.29, 1.82) is 0 Å². The number of rotatable bonds is 4. The molecule has 0 bridgehead atoms. The third kappa shape index (κ3) is 3.16. The second-order valence-electron chi connectivity index (χ2n) is 5.58. The van der Waals surface area contributed by atoms with E-state index in [2.05, 4.69) is 15.5 Å². The lowest BCUT2D eigenvalue weighted by Gasteiger charge is -2.05. The van der Waals surface area contributed by atoms with Crippen LogP contribution in [-0.4, -0.2) is 33.7 Å². The maximum atomic E-state index is 12.5. The molecule has 2 heterocycles. The summed E-state index contributed by atoms with van der Waals surface area (Å²) in [5.74, 6) is -0.0831. The van der Waals surface area contributed by atoms with Gasteiger partial charge in [-0.3, -0.25) is 9.20 Å². The van der Waals surface area contributed by atoms with Gasteiger partial charge in [0, 0.05) is 11.8 Å². The Morgan fingerprint density at radius 3 is 2.92 bits per heavy atom. The summed E-state index contributed by atoms with van der Waals surface area (Å²) < 4.78 is 6.75. The molecule has 7 nitrogen and oxygen atoms in total. The molecule has 3 rings (SSSR count). The molecule has 0 aliphatic heterocycles. The standard InChI is InChI=1S/C18H18N4O3/c1-11-7-8-22-15(9-11)20-12(2)16(22)18(24)21-19-10-13-5-4-6-14(25-3)17(13)23/h4-10,23H,1-3H3,(H,21,24)/b19-10-. The number of nitrogens with one attached hydrogen (secondary N) is 1. The van der Waals surface area contributed by atoms with Gasteiger partial charge in [-0.25, -0.2) is 10.4 Å². The predicted octanol–water partition coefficient (Wildman–Crippen LogP) is 2.43. The number of aromatic hydroxyl groups is 1. The van der Waals surface area contributed by atoms with Crippen LogP contribution in [0.1, 0.15) is 27.3 Å². The van der Waals surface area contributed by atoms with E-state index in [4.69, 9.17) is 4.74 Å². The Kier molecular flexibility index (Phi) is 4.38. The average molecular weight is 338 g/mol. The van der Waals surface area contributed by atoms with Crippen molar-refractivity contribution in [3.8, 4) is 11.5 Å². The zero-order chi connectivity index (χ0) is 18.0. The molecule has 0 radical (unpaired) electrons. The van der Waals surface area contributed by atoms with Gasteiger partial charge < -0.3 is 9.84 Å². The maximum Gasteiger partial charge on any atom is 0.290 e.